The highest BCUT2D eigenvalue weighted by Crippen LogP contribution is 2.54. The van der Waals surface area contributed by atoms with Crippen molar-refractivity contribution in [2.24, 2.45) is 11.8 Å². The van der Waals surface area contributed by atoms with Gasteiger partial charge in [0.25, 0.3) is 11.8 Å². The van der Waals surface area contributed by atoms with E-state index >= 15 is 0 Å². The molecule has 2 unspecified atom stereocenters. The molecule has 2 heterocycles. The Hall–Kier alpha value is -3.74. The molecule has 19 heteroatoms. The molecule has 0 aromatic heterocycles. The van der Waals surface area contributed by atoms with Gasteiger partial charge < -0.3 is 15.0 Å². The summed E-state index contributed by atoms with van der Waals surface area (Å²) in [4.78, 5) is 68.4. The summed E-state index contributed by atoms with van der Waals surface area (Å²) >= 11 is 0. The first kappa shape index (κ1) is 41.7. The number of ether oxygens (including phenoxy) is 1. The summed E-state index contributed by atoms with van der Waals surface area (Å²) in [7, 11) is 0. The second-order valence-electron chi connectivity index (χ2n) is 13.0. The molecule has 0 bridgehead atoms. The van der Waals surface area contributed by atoms with Crippen LogP contribution in [0.2, 0.25) is 0 Å². The first-order valence-corrected chi connectivity index (χ1v) is 16.1. The second-order valence-corrected chi connectivity index (χ2v) is 13.0. The predicted molar refractivity (Wildman–Crippen MR) is 161 cm³/mol. The zero-order valence-electron chi connectivity index (χ0n) is 28.1. The Morgan fingerprint density at radius 3 is 1.88 bits per heavy atom. The third kappa shape index (κ3) is 8.50. The maximum Gasteiger partial charge on any atom is 0.460 e. The Morgan fingerprint density at radius 2 is 1.35 bits per heavy atom. The maximum absolute atomic E-state index is 14.8. The van der Waals surface area contributed by atoms with E-state index in [0.29, 0.717) is 4.90 Å². The molecule has 2 N–H and O–H groups in total. The zero-order valence-corrected chi connectivity index (χ0v) is 28.1. The molecule has 286 valence electrons. The van der Waals surface area contributed by atoms with Crippen molar-refractivity contribution >= 4 is 29.4 Å². The average Bonchev–Trinajstić information content (AvgIpc) is 3.06. The number of rotatable bonds is 12. The fourth-order valence-electron chi connectivity index (χ4n) is 5.96. The minimum atomic E-state index is -7.29. The lowest BCUT2D eigenvalue weighted by Crippen LogP contribution is -2.68. The molecular formula is C32H39F9N4O6. The van der Waals surface area contributed by atoms with Crippen LogP contribution in [0, 0.1) is 11.8 Å². The number of amides is 4. The summed E-state index contributed by atoms with van der Waals surface area (Å²) in [6, 6.07) is 0.196. The van der Waals surface area contributed by atoms with Crippen molar-refractivity contribution in [3.8, 4) is 0 Å². The number of piperidine rings is 1. The van der Waals surface area contributed by atoms with Crippen molar-refractivity contribution in [3.63, 3.8) is 0 Å². The van der Waals surface area contributed by atoms with Gasteiger partial charge in [-0.15, -0.1) is 0 Å². The fraction of sp³-hybridized carbons (Fsp3) is 0.656. The number of carbonyl (C=O) groups is 5. The molecule has 3 rings (SSSR count). The van der Waals surface area contributed by atoms with E-state index in [1.54, 1.807) is 0 Å². The number of morpholine rings is 1. The molecule has 2 aliphatic heterocycles. The van der Waals surface area contributed by atoms with E-state index in [1.165, 1.54) is 43.0 Å². The molecule has 1 aromatic rings. The van der Waals surface area contributed by atoms with E-state index in [1.807, 2.05) is 5.32 Å². The van der Waals surface area contributed by atoms with Crippen molar-refractivity contribution in [3.05, 3.63) is 35.4 Å². The summed E-state index contributed by atoms with van der Waals surface area (Å²) < 4.78 is 129. The molecule has 3 atom stereocenters. The van der Waals surface area contributed by atoms with Crippen LogP contribution < -0.4 is 10.6 Å². The lowest BCUT2D eigenvalue weighted by atomic mass is 9.86. The molecule has 10 nitrogen and oxygen atoms in total. The van der Waals surface area contributed by atoms with E-state index in [-0.39, 0.29) is 56.7 Å². The number of nitrogens with one attached hydrogen (secondary N) is 2. The van der Waals surface area contributed by atoms with Gasteiger partial charge in [0.1, 0.15) is 6.04 Å². The van der Waals surface area contributed by atoms with Crippen LogP contribution in [0.25, 0.3) is 0 Å². The number of halogens is 9. The number of likely N-dealkylation sites (tertiary alicyclic amines) is 1. The zero-order chi connectivity index (χ0) is 38.7. The van der Waals surface area contributed by atoms with E-state index in [4.69, 9.17) is 4.74 Å². The molecule has 51 heavy (non-hydrogen) atoms. The third-order valence-corrected chi connectivity index (χ3v) is 8.74. The van der Waals surface area contributed by atoms with Gasteiger partial charge in [-0.3, -0.25) is 34.2 Å². The Labute approximate surface area is 287 Å². The number of alkyl halides is 9. The van der Waals surface area contributed by atoms with Crippen molar-refractivity contribution in [1.29, 1.82) is 0 Å². The Morgan fingerprint density at radius 1 is 0.784 bits per heavy atom. The topological polar surface area (TPSA) is 125 Å². The van der Waals surface area contributed by atoms with Gasteiger partial charge in [0.2, 0.25) is 17.6 Å². The minimum Gasteiger partial charge on any atom is -0.378 e. The van der Waals surface area contributed by atoms with Crippen molar-refractivity contribution < 1.29 is 68.2 Å². The first-order chi connectivity index (χ1) is 23.5. The first-order valence-electron chi connectivity index (χ1n) is 16.1. The van der Waals surface area contributed by atoms with Crippen LogP contribution in [0.1, 0.15) is 67.7 Å². The van der Waals surface area contributed by atoms with E-state index in [9.17, 15) is 63.5 Å². The molecular weight excluding hydrogens is 707 g/mol. The van der Waals surface area contributed by atoms with Gasteiger partial charge in [0, 0.05) is 13.1 Å². The Bertz CT molecular complexity index is 1460. The van der Waals surface area contributed by atoms with Crippen LogP contribution in [0.3, 0.4) is 0 Å². The lowest BCUT2D eigenvalue weighted by molar-refractivity contribution is -0.388. The molecule has 0 saturated carbocycles. The maximum atomic E-state index is 14.8. The number of carbonyl (C=O) groups excluding carboxylic acids is 5. The van der Waals surface area contributed by atoms with Gasteiger partial charge in [-0.25, -0.2) is 0 Å². The van der Waals surface area contributed by atoms with Crippen molar-refractivity contribution in [2.75, 3.05) is 32.8 Å². The Balaban J connectivity index is 1.85. The normalized spacial score (nSPS) is 19.4. The number of benzene rings is 1. The van der Waals surface area contributed by atoms with E-state index in [2.05, 4.69) is 5.32 Å². The average molecular weight is 747 g/mol. The highest BCUT2D eigenvalue weighted by molar-refractivity contribution is 6.09. The van der Waals surface area contributed by atoms with E-state index in [0.717, 1.165) is 13.8 Å². The summed E-state index contributed by atoms with van der Waals surface area (Å²) in [5.74, 6) is -29.8. The van der Waals surface area contributed by atoms with Crippen LogP contribution >= 0.6 is 0 Å². The summed E-state index contributed by atoms with van der Waals surface area (Å²) in [5.41, 5.74) is -0.0714. The molecule has 0 radical (unpaired) electrons. The molecule has 0 aliphatic carbocycles. The monoisotopic (exact) mass is 746 g/mol. The number of nitrogens with zero attached hydrogens (tertiary/aromatic N) is 2. The number of Topliss-reactive ketones (excluding diaryl/α,β-unsaturated/α-hetero) is 1. The fourth-order valence-corrected chi connectivity index (χ4v) is 5.96. The minimum absolute atomic E-state index is 0.0218. The third-order valence-electron chi connectivity index (χ3n) is 8.74. The van der Waals surface area contributed by atoms with Gasteiger partial charge in [0.15, 0.2) is 0 Å². The second kappa shape index (κ2) is 15.9. The highest BCUT2D eigenvalue weighted by atomic mass is 19.4. The van der Waals surface area contributed by atoms with Crippen LogP contribution in [-0.2, 0) is 19.1 Å². The summed E-state index contributed by atoms with van der Waals surface area (Å²) in [6.07, 6.45) is -7.10. The van der Waals surface area contributed by atoms with Crippen LogP contribution in [0.4, 0.5) is 39.5 Å². The van der Waals surface area contributed by atoms with Crippen molar-refractivity contribution in [2.45, 2.75) is 89.0 Å². The molecule has 4 amide bonds. The molecule has 1 aromatic carbocycles. The largest absolute Gasteiger partial charge is 0.460 e. The number of hydrogen-bond acceptors (Lipinski definition) is 7. The quantitative estimate of drug-likeness (QED) is 0.303. The predicted octanol–water partition coefficient (Wildman–Crippen LogP) is 4.47. The molecule has 0 spiro atoms. The summed E-state index contributed by atoms with van der Waals surface area (Å²) in [6.45, 7) is 5.78. The molecule has 2 aliphatic rings. The standard InChI is InChI=1S/C32H39F9N4O6/c1-17(2)22(42-25(47)19-9-5-6-10-20(19)28(50)44-13-15-51-16-14-44)27(49)43-26(48)21-11-7-8-12-45(21)23(18(3)4)24(46)29(33,34)30(35,36)31(37,38)32(39,40)41/h5-6,9-10,17-18,21-23H,7-8,11-16H2,1-4H3,(H,42,47)(H,43,48,49)/t21?,22-,23?/m0/s1. The van der Waals surface area contributed by atoms with Gasteiger partial charge in [0.05, 0.1) is 36.4 Å². The number of ketones is 1. The SMILES string of the molecule is CC(C)C(C(=O)C(F)(F)C(F)(F)C(F)(F)C(F)(F)F)N1CCCCC1C(=O)NC(=O)[C@@H](NC(=O)c1ccccc1C(=O)N1CCOCC1)C(C)C. The van der Waals surface area contributed by atoms with E-state index < -0.39 is 89.9 Å². The number of imide groups is 1. The lowest BCUT2D eigenvalue weighted by Gasteiger charge is -2.43. The molecule has 2 saturated heterocycles. The smallest absolute Gasteiger partial charge is 0.378 e. The highest BCUT2D eigenvalue weighted by Gasteiger charge is 2.84. The van der Waals surface area contributed by atoms with Gasteiger partial charge in [-0.05, 0) is 43.4 Å². The summed E-state index contributed by atoms with van der Waals surface area (Å²) in [5, 5.41) is 4.47. The van der Waals surface area contributed by atoms with Gasteiger partial charge in [-0.2, -0.15) is 39.5 Å². The van der Waals surface area contributed by atoms with Crippen LogP contribution in [-0.4, -0.2) is 114 Å². The Kier molecular flexibility index (Phi) is 13.0. The van der Waals surface area contributed by atoms with Gasteiger partial charge >= 0.3 is 23.9 Å². The van der Waals surface area contributed by atoms with Gasteiger partial charge in [-0.1, -0.05) is 46.2 Å². The van der Waals surface area contributed by atoms with Crippen LogP contribution in [0.15, 0.2) is 24.3 Å². The van der Waals surface area contributed by atoms with Crippen LogP contribution in [0.5, 0.6) is 0 Å². The molecule has 2 fully saturated rings. The number of hydrogen-bond donors (Lipinski definition) is 2. The van der Waals surface area contributed by atoms with Crippen molar-refractivity contribution in [1.82, 2.24) is 20.4 Å².